The van der Waals surface area contributed by atoms with Gasteiger partial charge in [0.1, 0.15) is 5.01 Å². The van der Waals surface area contributed by atoms with Crippen molar-refractivity contribution in [3.8, 4) is 10.6 Å². The summed E-state index contributed by atoms with van der Waals surface area (Å²) in [7, 11) is 2.05. The van der Waals surface area contributed by atoms with E-state index < -0.39 is 0 Å². The summed E-state index contributed by atoms with van der Waals surface area (Å²) in [5, 5.41) is 5.25. The van der Waals surface area contributed by atoms with E-state index in [1.807, 2.05) is 18.2 Å². The van der Waals surface area contributed by atoms with Gasteiger partial charge in [0.2, 0.25) is 0 Å². The zero-order valence-corrected chi connectivity index (χ0v) is 19.7. The van der Waals surface area contributed by atoms with Crippen LogP contribution in [-0.2, 0) is 7.05 Å². The highest BCUT2D eigenvalue weighted by atomic mass is 32.1. The van der Waals surface area contributed by atoms with Gasteiger partial charge in [0.05, 0.1) is 10.2 Å². The Morgan fingerprint density at radius 1 is 1.10 bits per heavy atom. The van der Waals surface area contributed by atoms with Gasteiger partial charge in [-0.05, 0) is 70.2 Å². The molecule has 0 saturated heterocycles. The van der Waals surface area contributed by atoms with Crippen molar-refractivity contribution >= 4 is 38.4 Å². The first-order chi connectivity index (χ1) is 14.8. The van der Waals surface area contributed by atoms with Crippen molar-refractivity contribution < 1.29 is 4.79 Å². The van der Waals surface area contributed by atoms with Crippen LogP contribution >= 0.6 is 11.3 Å². The molecule has 0 atom stereocenters. The first-order valence-corrected chi connectivity index (χ1v) is 11.6. The average Bonchev–Trinajstić information content (AvgIpc) is 3.33. The maximum atomic E-state index is 12.7. The summed E-state index contributed by atoms with van der Waals surface area (Å²) in [6.07, 6.45) is 2.07. The molecule has 0 fully saturated rings. The molecule has 0 aliphatic carbocycles. The van der Waals surface area contributed by atoms with Crippen molar-refractivity contribution in [2.45, 2.75) is 39.8 Å². The van der Waals surface area contributed by atoms with Crippen LogP contribution < -0.4 is 5.32 Å². The number of carbonyl (C=O) groups excluding carboxylic acids is 1. The van der Waals surface area contributed by atoms with Crippen molar-refractivity contribution in [1.29, 1.82) is 0 Å². The highest BCUT2D eigenvalue weighted by molar-refractivity contribution is 7.21. The summed E-state index contributed by atoms with van der Waals surface area (Å²) in [6, 6.07) is 15.2. The number of hydrogen-bond donors (Lipinski definition) is 1. The molecule has 5 nitrogen and oxygen atoms in total. The van der Waals surface area contributed by atoms with Crippen molar-refractivity contribution in [3.05, 3.63) is 54.2 Å². The lowest BCUT2D eigenvalue weighted by Crippen LogP contribution is -2.42. The number of thiazole rings is 1. The van der Waals surface area contributed by atoms with Crippen LogP contribution in [0.4, 0.5) is 0 Å². The van der Waals surface area contributed by atoms with Gasteiger partial charge >= 0.3 is 0 Å². The van der Waals surface area contributed by atoms with Crippen molar-refractivity contribution in [2.24, 2.45) is 7.05 Å². The lowest BCUT2D eigenvalue weighted by atomic mass is 10.1. The molecule has 2 heterocycles. The molecular formula is C25H30N4OS. The SMILES string of the molecule is CC(C)N(CCNC(=O)c1ccc2nc(-c3ccc4c(ccn4C)c3)sc2c1)C(C)C. The second kappa shape index (κ2) is 8.81. The fourth-order valence-electron chi connectivity index (χ4n) is 4.12. The molecule has 4 rings (SSSR count). The molecule has 2 aromatic carbocycles. The molecule has 0 bridgehead atoms. The van der Waals surface area contributed by atoms with E-state index in [1.54, 1.807) is 11.3 Å². The van der Waals surface area contributed by atoms with E-state index in [1.165, 1.54) is 10.9 Å². The minimum Gasteiger partial charge on any atom is -0.351 e. The van der Waals surface area contributed by atoms with Crippen LogP contribution in [0.2, 0.25) is 0 Å². The zero-order valence-electron chi connectivity index (χ0n) is 18.8. The smallest absolute Gasteiger partial charge is 0.251 e. The first kappa shape index (κ1) is 21.5. The van der Waals surface area contributed by atoms with Gasteiger partial charge in [-0.1, -0.05) is 0 Å². The van der Waals surface area contributed by atoms with Crippen LogP contribution in [0.15, 0.2) is 48.7 Å². The molecule has 0 spiro atoms. The lowest BCUT2D eigenvalue weighted by molar-refractivity contribution is 0.0939. The Hall–Kier alpha value is -2.70. The van der Waals surface area contributed by atoms with Crippen molar-refractivity contribution in [3.63, 3.8) is 0 Å². The average molecular weight is 435 g/mol. The summed E-state index contributed by atoms with van der Waals surface area (Å²) in [4.78, 5) is 19.9. The van der Waals surface area contributed by atoms with Crippen LogP contribution in [0.3, 0.4) is 0 Å². The number of carbonyl (C=O) groups is 1. The van der Waals surface area contributed by atoms with Crippen LogP contribution in [0.25, 0.3) is 31.7 Å². The van der Waals surface area contributed by atoms with Gasteiger partial charge in [-0.3, -0.25) is 9.69 Å². The third-order valence-corrected chi connectivity index (χ3v) is 6.83. The van der Waals surface area contributed by atoms with Crippen LogP contribution in [0, 0.1) is 0 Å². The Morgan fingerprint density at radius 3 is 2.61 bits per heavy atom. The van der Waals surface area contributed by atoms with Gasteiger partial charge < -0.3 is 9.88 Å². The number of amides is 1. The number of aromatic nitrogens is 2. The molecule has 1 amide bonds. The molecule has 31 heavy (non-hydrogen) atoms. The highest BCUT2D eigenvalue weighted by Crippen LogP contribution is 2.32. The topological polar surface area (TPSA) is 50.2 Å². The first-order valence-electron chi connectivity index (χ1n) is 10.8. The van der Waals surface area contributed by atoms with E-state index in [0.29, 0.717) is 24.2 Å². The van der Waals surface area contributed by atoms with Gasteiger partial charge in [0, 0.05) is 60.4 Å². The largest absolute Gasteiger partial charge is 0.351 e. The predicted molar refractivity (Wildman–Crippen MR) is 131 cm³/mol. The summed E-state index contributed by atoms with van der Waals surface area (Å²) < 4.78 is 3.14. The Kier molecular flexibility index (Phi) is 6.12. The molecule has 0 radical (unpaired) electrons. The van der Waals surface area contributed by atoms with E-state index >= 15 is 0 Å². The fourth-order valence-corrected chi connectivity index (χ4v) is 5.12. The molecular weight excluding hydrogens is 404 g/mol. The molecule has 2 aromatic heterocycles. The van der Waals surface area contributed by atoms with Gasteiger partial charge in [-0.2, -0.15) is 0 Å². The summed E-state index contributed by atoms with van der Waals surface area (Å²) >= 11 is 1.63. The molecule has 0 aliphatic heterocycles. The molecule has 6 heteroatoms. The summed E-state index contributed by atoms with van der Waals surface area (Å²) in [5.41, 5.74) is 3.92. The fraction of sp³-hybridized carbons (Fsp3) is 0.360. The minimum absolute atomic E-state index is 0.0324. The Bertz CT molecular complexity index is 1210. The third kappa shape index (κ3) is 4.50. The van der Waals surface area contributed by atoms with Gasteiger partial charge in [-0.15, -0.1) is 11.3 Å². The predicted octanol–water partition coefficient (Wildman–Crippen LogP) is 5.30. The van der Waals surface area contributed by atoms with Crippen LogP contribution in [0.5, 0.6) is 0 Å². The molecule has 4 aromatic rings. The molecule has 0 saturated carbocycles. The molecule has 0 aliphatic rings. The second-order valence-corrected chi connectivity index (χ2v) is 9.61. The standard InChI is InChI=1S/C25H30N4OS/c1-16(2)29(17(3)4)13-11-26-24(30)19-6-8-21-23(15-19)31-25(27-21)20-7-9-22-18(14-20)10-12-28(22)5/h6-10,12,14-17H,11,13H2,1-5H3,(H,26,30). The molecule has 162 valence electrons. The summed E-state index contributed by atoms with van der Waals surface area (Å²) in [5.74, 6) is -0.0324. The Balaban J connectivity index is 1.49. The number of nitrogens with one attached hydrogen (secondary N) is 1. The maximum absolute atomic E-state index is 12.7. The van der Waals surface area contributed by atoms with E-state index in [4.69, 9.17) is 4.98 Å². The van der Waals surface area contributed by atoms with Crippen molar-refractivity contribution in [2.75, 3.05) is 13.1 Å². The van der Waals surface area contributed by atoms with E-state index in [9.17, 15) is 4.79 Å². The number of fused-ring (bicyclic) bond motifs is 2. The quantitative estimate of drug-likeness (QED) is 0.429. The molecule has 0 unspecified atom stereocenters. The lowest BCUT2D eigenvalue weighted by Gasteiger charge is -2.30. The van der Waals surface area contributed by atoms with E-state index in [0.717, 1.165) is 27.3 Å². The number of rotatable bonds is 7. The van der Waals surface area contributed by atoms with E-state index in [2.05, 4.69) is 80.0 Å². The maximum Gasteiger partial charge on any atom is 0.251 e. The van der Waals surface area contributed by atoms with Crippen LogP contribution in [-0.4, -0.2) is 45.5 Å². The van der Waals surface area contributed by atoms with Crippen LogP contribution in [0.1, 0.15) is 38.1 Å². The number of hydrogen-bond acceptors (Lipinski definition) is 4. The Morgan fingerprint density at radius 2 is 1.87 bits per heavy atom. The number of nitrogens with zero attached hydrogens (tertiary/aromatic N) is 3. The zero-order chi connectivity index (χ0) is 22.1. The third-order valence-electron chi connectivity index (χ3n) is 5.76. The monoisotopic (exact) mass is 434 g/mol. The normalized spacial score (nSPS) is 12.0. The second-order valence-electron chi connectivity index (χ2n) is 8.58. The number of aryl methyl sites for hydroxylation is 1. The van der Waals surface area contributed by atoms with Gasteiger partial charge in [0.15, 0.2) is 0 Å². The Labute approximate surface area is 187 Å². The summed E-state index contributed by atoms with van der Waals surface area (Å²) in [6.45, 7) is 10.2. The highest BCUT2D eigenvalue weighted by Gasteiger charge is 2.15. The van der Waals surface area contributed by atoms with Gasteiger partial charge in [-0.25, -0.2) is 4.98 Å². The van der Waals surface area contributed by atoms with Gasteiger partial charge in [0.25, 0.3) is 5.91 Å². The number of benzene rings is 2. The molecule has 1 N–H and O–H groups in total. The van der Waals surface area contributed by atoms with Crippen molar-refractivity contribution in [1.82, 2.24) is 19.8 Å². The van der Waals surface area contributed by atoms with E-state index in [-0.39, 0.29) is 5.91 Å². The minimum atomic E-state index is -0.0324.